The molecule has 2 aliphatic heterocycles. The fourth-order valence-electron chi connectivity index (χ4n) is 5.38. The first-order chi connectivity index (χ1) is 18.6. The zero-order chi connectivity index (χ0) is 26.1. The molecule has 0 bridgehead atoms. The van der Waals surface area contributed by atoms with E-state index in [0.29, 0.717) is 39.0 Å². The van der Waals surface area contributed by atoms with Gasteiger partial charge >= 0.3 is 0 Å². The second kappa shape index (κ2) is 10.5. The second-order valence-corrected chi connectivity index (χ2v) is 10.3. The number of para-hydroxylation sites is 1. The van der Waals surface area contributed by atoms with Gasteiger partial charge in [-0.15, -0.1) is 0 Å². The van der Waals surface area contributed by atoms with Gasteiger partial charge in [-0.1, -0.05) is 55.1 Å². The SMILES string of the molecule is O=C(NC1CCCCC1)C1C(c2ccc3c(c2)OCO3)=Nc2ccccc2C(=O)N1Cc1ccc(Cl)cc1. The Morgan fingerprint density at radius 3 is 2.55 bits per heavy atom. The molecule has 6 rings (SSSR count). The van der Waals surface area contributed by atoms with E-state index < -0.39 is 6.04 Å². The van der Waals surface area contributed by atoms with Gasteiger partial charge in [0.2, 0.25) is 12.7 Å². The molecule has 2 amide bonds. The summed E-state index contributed by atoms with van der Waals surface area (Å²) in [5.74, 6) is 0.743. The first-order valence-corrected chi connectivity index (χ1v) is 13.4. The number of benzene rings is 3. The summed E-state index contributed by atoms with van der Waals surface area (Å²) in [5, 5.41) is 3.86. The number of aliphatic imine (C=N–C) groups is 1. The molecule has 0 radical (unpaired) electrons. The zero-order valence-corrected chi connectivity index (χ0v) is 21.6. The van der Waals surface area contributed by atoms with Crippen LogP contribution in [0.25, 0.3) is 0 Å². The minimum atomic E-state index is -0.951. The summed E-state index contributed by atoms with van der Waals surface area (Å²) in [6.45, 7) is 0.359. The third-order valence-electron chi connectivity index (χ3n) is 7.34. The number of rotatable bonds is 5. The number of hydrogen-bond donors (Lipinski definition) is 1. The van der Waals surface area contributed by atoms with Gasteiger partial charge in [-0.25, -0.2) is 4.99 Å². The Morgan fingerprint density at radius 1 is 0.974 bits per heavy atom. The molecule has 8 heteroatoms. The fraction of sp³-hybridized carbons (Fsp3) is 0.300. The van der Waals surface area contributed by atoms with Crippen molar-refractivity contribution < 1.29 is 19.1 Å². The quantitative estimate of drug-likeness (QED) is 0.462. The maximum Gasteiger partial charge on any atom is 0.257 e. The maximum atomic E-state index is 14.1. The zero-order valence-electron chi connectivity index (χ0n) is 20.9. The number of fused-ring (bicyclic) bond motifs is 2. The summed E-state index contributed by atoms with van der Waals surface area (Å²) in [7, 11) is 0. The molecule has 1 aliphatic carbocycles. The van der Waals surface area contributed by atoms with Crippen molar-refractivity contribution in [1.82, 2.24) is 10.2 Å². The van der Waals surface area contributed by atoms with Gasteiger partial charge in [-0.05, 0) is 60.9 Å². The Hall–Kier alpha value is -3.84. The molecule has 3 aromatic carbocycles. The first-order valence-electron chi connectivity index (χ1n) is 13.0. The average Bonchev–Trinajstić information content (AvgIpc) is 3.37. The summed E-state index contributed by atoms with van der Waals surface area (Å²) < 4.78 is 11.1. The number of amides is 2. The standard InChI is InChI=1S/C30H28ClN3O4/c31-21-13-10-19(11-14-21)17-34-28(29(35)32-22-6-2-1-3-7-22)27(20-12-15-25-26(16-20)38-18-37-25)33-24-9-5-4-8-23(24)30(34)36/h4-5,8-16,22,28H,1-3,6-7,17-18H2,(H,32,35). The van der Waals surface area contributed by atoms with Gasteiger partial charge < -0.3 is 19.7 Å². The van der Waals surface area contributed by atoms with Crippen molar-refractivity contribution in [2.24, 2.45) is 4.99 Å². The predicted octanol–water partition coefficient (Wildman–Crippen LogP) is 5.66. The summed E-state index contributed by atoms with van der Waals surface area (Å²) in [4.78, 5) is 34.8. The van der Waals surface area contributed by atoms with Crippen LogP contribution < -0.4 is 14.8 Å². The van der Waals surface area contributed by atoms with Gasteiger partial charge in [0.05, 0.1) is 17.0 Å². The molecule has 2 heterocycles. The molecule has 1 fully saturated rings. The lowest BCUT2D eigenvalue weighted by Gasteiger charge is -2.33. The van der Waals surface area contributed by atoms with Gasteiger partial charge in [0.15, 0.2) is 17.5 Å². The van der Waals surface area contributed by atoms with Crippen LogP contribution in [0.1, 0.15) is 53.6 Å². The van der Waals surface area contributed by atoms with E-state index in [0.717, 1.165) is 31.2 Å². The highest BCUT2D eigenvalue weighted by molar-refractivity contribution is 6.30. The molecule has 1 N–H and O–H groups in total. The van der Waals surface area contributed by atoms with Crippen LogP contribution in [-0.2, 0) is 11.3 Å². The van der Waals surface area contributed by atoms with E-state index in [1.54, 1.807) is 23.1 Å². The van der Waals surface area contributed by atoms with E-state index in [9.17, 15) is 9.59 Å². The molecule has 0 aromatic heterocycles. The van der Waals surface area contributed by atoms with Gasteiger partial charge in [0.25, 0.3) is 5.91 Å². The van der Waals surface area contributed by atoms with Crippen molar-refractivity contribution in [2.45, 2.75) is 50.7 Å². The second-order valence-electron chi connectivity index (χ2n) is 9.89. The smallest absolute Gasteiger partial charge is 0.257 e. The molecule has 1 unspecified atom stereocenters. The monoisotopic (exact) mass is 529 g/mol. The lowest BCUT2D eigenvalue weighted by molar-refractivity contribution is -0.124. The molecule has 0 spiro atoms. The lowest BCUT2D eigenvalue weighted by atomic mass is 9.94. The Kier molecular flexibility index (Phi) is 6.77. The van der Waals surface area contributed by atoms with Crippen LogP contribution in [0.5, 0.6) is 11.5 Å². The molecule has 1 atom stereocenters. The predicted molar refractivity (Wildman–Crippen MR) is 145 cm³/mol. The lowest BCUT2D eigenvalue weighted by Crippen LogP contribution is -2.55. The number of nitrogens with one attached hydrogen (secondary N) is 1. The molecule has 7 nitrogen and oxygen atoms in total. The Balaban J connectivity index is 1.47. The summed E-state index contributed by atoms with van der Waals surface area (Å²) >= 11 is 6.13. The molecule has 3 aliphatic rings. The van der Waals surface area contributed by atoms with E-state index in [1.165, 1.54) is 6.42 Å². The van der Waals surface area contributed by atoms with E-state index in [-0.39, 0.29) is 31.2 Å². The first kappa shape index (κ1) is 24.5. The van der Waals surface area contributed by atoms with Gasteiger partial charge in [-0.3, -0.25) is 9.59 Å². The highest BCUT2D eigenvalue weighted by atomic mass is 35.5. The number of halogens is 1. The van der Waals surface area contributed by atoms with E-state index in [2.05, 4.69) is 5.32 Å². The summed E-state index contributed by atoms with van der Waals surface area (Å²) in [6, 6.07) is 19.2. The normalized spacial score (nSPS) is 19.0. The van der Waals surface area contributed by atoms with Crippen LogP contribution in [0.2, 0.25) is 5.02 Å². The summed E-state index contributed by atoms with van der Waals surface area (Å²) in [5.41, 5.74) is 3.03. The molecular weight excluding hydrogens is 502 g/mol. The number of carbonyl (C=O) groups is 2. The topological polar surface area (TPSA) is 80.2 Å². The molecule has 194 valence electrons. The van der Waals surface area contributed by atoms with Crippen molar-refractivity contribution in [3.63, 3.8) is 0 Å². The summed E-state index contributed by atoms with van der Waals surface area (Å²) in [6.07, 6.45) is 5.20. The number of nitrogens with zero attached hydrogens (tertiary/aromatic N) is 2. The third-order valence-corrected chi connectivity index (χ3v) is 7.59. The molecule has 38 heavy (non-hydrogen) atoms. The van der Waals surface area contributed by atoms with Crippen molar-refractivity contribution in [1.29, 1.82) is 0 Å². The van der Waals surface area contributed by atoms with Crippen LogP contribution in [0, 0.1) is 0 Å². The number of hydrogen-bond acceptors (Lipinski definition) is 5. The van der Waals surface area contributed by atoms with Crippen LogP contribution >= 0.6 is 11.6 Å². The largest absolute Gasteiger partial charge is 0.454 e. The number of ether oxygens (including phenoxy) is 2. The van der Waals surface area contributed by atoms with E-state index >= 15 is 0 Å². The molecule has 3 aromatic rings. The van der Waals surface area contributed by atoms with Gasteiger partial charge in [0, 0.05) is 23.2 Å². The molecule has 1 saturated carbocycles. The van der Waals surface area contributed by atoms with Crippen molar-refractivity contribution in [3.8, 4) is 11.5 Å². The minimum absolute atomic E-state index is 0.0763. The maximum absolute atomic E-state index is 14.1. The van der Waals surface area contributed by atoms with Crippen LogP contribution in [0.4, 0.5) is 5.69 Å². The Bertz CT molecular complexity index is 1400. The van der Waals surface area contributed by atoms with Crippen molar-refractivity contribution >= 4 is 34.8 Å². The van der Waals surface area contributed by atoms with Crippen LogP contribution in [0.3, 0.4) is 0 Å². The van der Waals surface area contributed by atoms with Gasteiger partial charge in [0.1, 0.15) is 0 Å². The van der Waals surface area contributed by atoms with Crippen molar-refractivity contribution in [2.75, 3.05) is 6.79 Å². The Morgan fingerprint density at radius 2 is 1.74 bits per heavy atom. The van der Waals surface area contributed by atoms with E-state index in [4.69, 9.17) is 26.1 Å². The fourth-order valence-corrected chi connectivity index (χ4v) is 5.51. The number of carbonyl (C=O) groups excluding carboxylic acids is 2. The highest BCUT2D eigenvalue weighted by Gasteiger charge is 2.39. The molecular formula is C30H28ClN3O4. The average molecular weight is 530 g/mol. The minimum Gasteiger partial charge on any atom is -0.454 e. The third kappa shape index (κ3) is 4.86. The van der Waals surface area contributed by atoms with E-state index in [1.807, 2.05) is 48.5 Å². The Labute approximate surface area is 226 Å². The van der Waals surface area contributed by atoms with Crippen molar-refractivity contribution in [3.05, 3.63) is 88.4 Å². The van der Waals surface area contributed by atoms with Gasteiger partial charge in [-0.2, -0.15) is 0 Å². The highest BCUT2D eigenvalue weighted by Crippen LogP contribution is 2.35. The molecule has 0 saturated heterocycles. The van der Waals surface area contributed by atoms with Crippen LogP contribution in [0.15, 0.2) is 71.7 Å². The van der Waals surface area contributed by atoms with Crippen LogP contribution in [-0.4, -0.2) is 41.3 Å².